The fourth-order valence-corrected chi connectivity index (χ4v) is 5.20. The van der Waals surface area contributed by atoms with Crippen molar-refractivity contribution in [2.45, 2.75) is 45.1 Å². The van der Waals surface area contributed by atoms with Crippen LogP contribution in [-0.2, 0) is 22.4 Å². The van der Waals surface area contributed by atoms with Crippen LogP contribution in [0.5, 0.6) is 5.75 Å². The van der Waals surface area contributed by atoms with Crippen LogP contribution in [0.2, 0.25) is 0 Å². The number of amides is 3. The van der Waals surface area contributed by atoms with E-state index in [1.54, 1.807) is 12.1 Å². The van der Waals surface area contributed by atoms with E-state index in [-0.39, 0.29) is 24.1 Å². The fourth-order valence-electron chi connectivity index (χ4n) is 3.89. The van der Waals surface area contributed by atoms with E-state index in [0.717, 1.165) is 41.7 Å². The van der Waals surface area contributed by atoms with Crippen molar-refractivity contribution < 1.29 is 19.1 Å². The number of hydrogen-bond acceptors (Lipinski definition) is 5. The van der Waals surface area contributed by atoms with E-state index in [2.05, 4.69) is 22.5 Å². The third kappa shape index (κ3) is 4.49. The number of nitrogens with one attached hydrogen (secondary N) is 3. The highest BCUT2D eigenvalue weighted by Gasteiger charge is 2.31. The van der Waals surface area contributed by atoms with Gasteiger partial charge in [0.15, 0.2) is 6.10 Å². The monoisotopic (exact) mass is 439 g/mol. The second kappa shape index (κ2) is 8.93. The second-order valence-electron chi connectivity index (χ2n) is 7.76. The number of anilines is 2. The lowest BCUT2D eigenvalue weighted by Crippen LogP contribution is -2.39. The van der Waals surface area contributed by atoms with E-state index in [9.17, 15) is 14.4 Å². The maximum atomic E-state index is 12.8. The molecule has 0 saturated carbocycles. The highest BCUT2D eigenvalue weighted by Crippen LogP contribution is 2.38. The van der Waals surface area contributed by atoms with Crippen molar-refractivity contribution in [1.82, 2.24) is 5.32 Å². The molecule has 0 bridgehead atoms. The van der Waals surface area contributed by atoms with Gasteiger partial charge in [-0.1, -0.05) is 12.1 Å². The maximum Gasteiger partial charge on any atom is 0.266 e. The number of carbonyl (C=O) groups excluding carboxylic acids is 3. The van der Waals surface area contributed by atoms with Crippen LogP contribution in [0.4, 0.5) is 10.7 Å². The van der Waals surface area contributed by atoms with Crippen molar-refractivity contribution in [2.75, 3.05) is 17.2 Å². The van der Waals surface area contributed by atoms with Gasteiger partial charge >= 0.3 is 0 Å². The summed E-state index contributed by atoms with van der Waals surface area (Å²) in [5.74, 6) is -0.403. The van der Waals surface area contributed by atoms with Crippen LogP contribution >= 0.6 is 11.3 Å². The summed E-state index contributed by atoms with van der Waals surface area (Å²) in [5, 5.41) is 9.00. The van der Waals surface area contributed by atoms with E-state index in [4.69, 9.17) is 4.74 Å². The number of rotatable bonds is 6. The predicted octanol–water partition coefficient (Wildman–Crippen LogP) is 3.58. The van der Waals surface area contributed by atoms with E-state index < -0.39 is 6.10 Å². The number of carbonyl (C=O) groups is 3. The Morgan fingerprint density at radius 2 is 2.13 bits per heavy atom. The molecule has 8 heteroatoms. The van der Waals surface area contributed by atoms with Crippen LogP contribution in [0, 0.1) is 6.92 Å². The molecule has 1 aromatic heterocycles. The molecule has 1 aliphatic carbocycles. The number of ether oxygens (including phenoxy) is 1. The van der Waals surface area contributed by atoms with Crippen LogP contribution in [-0.4, -0.2) is 30.4 Å². The molecule has 2 aromatic rings. The Kier molecular flexibility index (Phi) is 6.08. The van der Waals surface area contributed by atoms with Gasteiger partial charge in [-0.3, -0.25) is 14.4 Å². The number of aryl methyl sites for hydroxylation is 2. The molecule has 4 rings (SSSR count). The summed E-state index contributed by atoms with van der Waals surface area (Å²) in [7, 11) is 0. The molecule has 0 spiro atoms. The molecule has 0 saturated heterocycles. The Morgan fingerprint density at radius 3 is 2.94 bits per heavy atom. The number of hydrogen-bond donors (Lipinski definition) is 3. The second-order valence-corrected chi connectivity index (χ2v) is 8.87. The van der Waals surface area contributed by atoms with Crippen molar-refractivity contribution in [3.8, 4) is 5.75 Å². The summed E-state index contributed by atoms with van der Waals surface area (Å²) in [6.45, 7) is 5.91. The van der Waals surface area contributed by atoms with Gasteiger partial charge in [-0.25, -0.2) is 0 Å². The third-order valence-corrected chi connectivity index (χ3v) is 6.59. The average Bonchev–Trinajstić information content (AvgIpc) is 3.10. The molecule has 1 aliphatic heterocycles. The lowest BCUT2D eigenvalue weighted by atomic mass is 9.95. The smallest absolute Gasteiger partial charge is 0.266 e. The third-order valence-electron chi connectivity index (χ3n) is 5.38. The summed E-state index contributed by atoms with van der Waals surface area (Å²) in [6, 6.07) is 5.50. The summed E-state index contributed by atoms with van der Waals surface area (Å²) in [6.07, 6.45) is 4.37. The predicted molar refractivity (Wildman–Crippen MR) is 121 cm³/mol. The van der Waals surface area contributed by atoms with E-state index in [1.165, 1.54) is 11.3 Å². The first-order valence-electron chi connectivity index (χ1n) is 10.4. The molecule has 31 heavy (non-hydrogen) atoms. The minimum atomic E-state index is -0.928. The van der Waals surface area contributed by atoms with Gasteiger partial charge < -0.3 is 20.7 Å². The summed E-state index contributed by atoms with van der Waals surface area (Å²) in [5.41, 5.74) is 3.16. The van der Waals surface area contributed by atoms with Crippen LogP contribution in [0.3, 0.4) is 0 Å². The quantitative estimate of drug-likeness (QED) is 0.600. The van der Waals surface area contributed by atoms with Gasteiger partial charge in [-0.15, -0.1) is 17.9 Å². The fraction of sp³-hybridized carbons (Fsp3) is 0.348. The maximum absolute atomic E-state index is 12.8. The topological polar surface area (TPSA) is 96.5 Å². The van der Waals surface area contributed by atoms with Gasteiger partial charge in [-0.2, -0.15) is 0 Å². The Balaban J connectivity index is 1.50. The molecule has 0 radical (unpaired) electrons. The SMILES string of the molecule is C=CCNC(=O)c1c(NC(=O)CC2Oc3ccc(C)cc3NC2=O)sc2c1CCCC2. The molecule has 0 fully saturated rings. The summed E-state index contributed by atoms with van der Waals surface area (Å²) in [4.78, 5) is 39.1. The first kappa shape index (κ1) is 21.1. The van der Waals surface area contributed by atoms with Gasteiger partial charge in [0.25, 0.3) is 11.8 Å². The Morgan fingerprint density at radius 1 is 1.32 bits per heavy atom. The van der Waals surface area contributed by atoms with Crippen molar-refractivity contribution in [3.05, 3.63) is 52.4 Å². The van der Waals surface area contributed by atoms with Crippen molar-refractivity contribution in [3.63, 3.8) is 0 Å². The molecule has 162 valence electrons. The van der Waals surface area contributed by atoms with E-state index in [0.29, 0.717) is 28.5 Å². The number of fused-ring (bicyclic) bond motifs is 2. The first-order valence-corrected chi connectivity index (χ1v) is 11.2. The van der Waals surface area contributed by atoms with Gasteiger partial charge in [-0.05, 0) is 55.9 Å². The Hall–Kier alpha value is -3.13. The average molecular weight is 440 g/mol. The summed E-state index contributed by atoms with van der Waals surface area (Å²) < 4.78 is 5.76. The van der Waals surface area contributed by atoms with Crippen LogP contribution < -0.4 is 20.7 Å². The van der Waals surface area contributed by atoms with E-state index in [1.807, 2.05) is 19.1 Å². The van der Waals surface area contributed by atoms with E-state index >= 15 is 0 Å². The highest BCUT2D eigenvalue weighted by molar-refractivity contribution is 7.17. The van der Waals surface area contributed by atoms with Gasteiger partial charge in [0, 0.05) is 11.4 Å². The normalized spacial score (nSPS) is 16.9. The number of benzene rings is 1. The van der Waals surface area contributed by atoms with Crippen LogP contribution in [0.25, 0.3) is 0 Å². The van der Waals surface area contributed by atoms with Crippen LogP contribution in [0.1, 0.15) is 45.6 Å². The molecule has 1 aromatic carbocycles. The van der Waals surface area contributed by atoms with Gasteiger partial charge in [0.05, 0.1) is 17.7 Å². The highest BCUT2D eigenvalue weighted by atomic mass is 32.1. The van der Waals surface area contributed by atoms with Crippen LogP contribution in [0.15, 0.2) is 30.9 Å². The Labute approximate surface area is 184 Å². The molecule has 1 unspecified atom stereocenters. The first-order chi connectivity index (χ1) is 15.0. The zero-order valence-electron chi connectivity index (χ0n) is 17.4. The zero-order chi connectivity index (χ0) is 22.0. The van der Waals surface area contributed by atoms with Gasteiger partial charge in [0.2, 0.25) is 5.91 Å². The molecule has 2 heterocycles. The molecule has 7 nitrogen and oxygen atoms in total. The van der Waals surface area contributed by atoms with Gasteiger partial charge in [0.1, 0.15) is 10.8 Å². The molecule has 3 amide bonds. The minimum absolute atomic E-state index is 0.143. The zero-order valence-corrected chi connectivity index (χ0v) is 18.2. The lowest BCUT2D eigenvalue weighted by molar-refractivity contribution is -0.128. The lowest BCUT2D eigenvalue weighted by Gasteiger charge is -2.25. The standard InChI is InChI=1S/C23H25N3O4S/c1-3-10-24-22(29)20-14-6-4-5-7-18(14)31-23(20)26-19(27)12-17-21(28)25-15-11-13(2)8-9-16(15)30-17/h3,8-9,11,17H,1,4-7,10,12H2,2H3,(H,24,29)(H,25,28)(H,26,27). The molecular formula is C23H25N3O4S. The van der Waals surface area contributed by atoms with Crippen molar-refractivity contribution in [2.24, 2.45) is 0 Å². The molecule has 3 N–H and O–H groups in total. The molecule has 1 atom stereocenters. The Bertz CT molecular complexity index is 1060. The number of thiophene rings is 1. The van der Waals surface area contributed by atoms with Crippen molar-refractivity contribution >= 4 is 39.7 Å². The molecular weight excluding hydrogens is 414 g/mol. The van der Waals surface area contributed by atoms with Crippen molar-refractivity contribution in [1.29, 1.82) is 0 Å². The summed E-state index contributed by atoms with van der Waals surface area (Å²) >= 11 is 1.45. The molecule has 2 aliphatic rings. The minimum Gasteiger partial charge on any atom is -0.478 e. The largest absolute Gasteiger partial charge is 0.478 e.